The number of hydrogen-bond donors (Lipinski definition) is 1. The Morgan fingerprint density at radius 2 is 2.17 bits per heavy atom. The number of halogens is 1. The molecule has 0 radical (unpaired) electrons. The molecule has 4 nitrogen and oxygen atoms in total. The molecule has 0 fully saturated rings. The maximum absolute atomic E-state index is 14.0. The van der Waals surface area contributed by atoms with Crippen LogP contribution in [0.25, 0.3) is 0 Å². The zero-order chi connectivity index (χ0) is 17.3. The lowest BCUT2D eigenvalue weighted by atomic mass is 9.81. The molecule has 1 aliphatic carbocycles. The molecular formula is C19H23FN2O2. The second-order valence-corrected chi connectivity index (χ2v) is 6.84. The molecule has 0 aliphatic heterocycles. The summed E-state index contributed by atoms with van der Waals surface area (Å²) in [5.41, 5.74) is 3.75. The molecule has 5 heteroatoms. The SMILES string of the molecule is CC(C)c1nn(Cc2ccccc2F)c2c1C(CC(=O)O)CCC2. The van der Waals surface area contributed by atoms with Gasteiger partial charge in [-0.2, -0.15) is 5.10 Å². The van der Waals surface area contributed by atoms with Gasteiger partial charge in [-0.1, -0.05) is 32.0 Å². The van der Waals surface area contributed by atoms with E-state index in [-0.39, 0.29) is 24.1 Å². The fourth-order valence-corrected chi connectivity index (χ4v) is 3.66. The molecule has 24 heavy (non-hydrogen) atoms. The molecule has 1 aliphatic rings. The van der Waals surface area contributed by atoms with E-state index in [1.54, 1.807) is 12.1 Å². The zero-order valence-corrected chi connectivity index (χ0v) is 14.1. The quantitative estimate of drug-likeness (QED) is 0.898. The van der Waals surface area contributed by atoms with Crippen LogP contribution in [0.2, 0.25) is 0 Å². The van der Waals surface area contributed by atoms with Gasteiger partial charge in [0.15, 0.2) is 0 Å². The summed E-state index contributed by atoms with van der Waals surface area (Å²) < 4.78 is 15.9. The summed E-state index contributed by atoms with van der Waals surface area (Å²) in [6.45, 7) is 4.53. The third-order valence-corrected chi connectivity index (χ3v) is 4.75. The fourth-order valence-electron chi connectivity index (χ4n) is 3.66. The summed E-state index contributed by atoms with van der Waals surface area (Å²) in [6.07, 6.45) is 2.84. The van der Waals surface area contributed by atoms with Gasteiger partial charge in [0.25, 0.3) is 0 Å². The third-order valence-electron chi connectivity index (χ3n) is 4.75. The molecular weight excluding hydrogens is 307 g/mol. The fraction of sp³-hybridized carbons (Fsp3) is 0.474. The lowest BCUT2D eigenvalue weighted by Gasteiger charge is -2.23. The van der Waals surface area contributed by atoms with Gasteiger partial charge in [-0.25, -0.2) is 4.39 Å². The molecule has 0 amide bonds. The Hall–Kier alpha value is -2.17. The number of nitrogens with zero attached hydrogens (tertiary/aromatic N) is 2. The predicted octanol–water partition coefficient (Wildman–Crippen LogP) is 4.09. The molecule has 1 unspecified atom stereocenters. The molecule has 1 aromatic carbocycles. The van der Waals surface area contributed by atoms with Crippen molar-refractivity contribution in [3.8, 4) is 0 Å². The van der Waals surface area contributed by atoms with Crippen LogP contribution in [-0.4, -0.2) is 20.9 Å². The van der Waals surface area contributed by atoms with E-state index in [4.69, 9.17) is 5.10 Å². The normalized spacial score (nSPS) is 17.1. The summed E-state index contributed by atoms with van der Waals surface area (Å²) in [4.78, 5) is 11.2. The highest BCUT2D eigenvalue weighted by Gasteiger charge is 2.31. The van der Waals surface area contributed by atoms with Gasteiger partial charge in [-0.15, -0.1) is 0 Å². The van der Waals surface area contributed by atoms with E-state index in [0.29, 0.717) is 12.1 Å². The van der Waals surface area contributed by atoms with E-state index in [1.165, 1.54) is 6.07 Å². The van der Waals surface area contributed by atoms with E-state index in [9.17, 15) is 14.3 Å². The molecule has 0 saturated carbocycles. The van der Waals surface area contributed by atoms with Gasteiger partial charge in [0.05, 0.1) is 18.7 Å². The molecule has 1 aromatic heterocycles. The maximum atomic E-state index is 14.0. The van der Waals surface area contributed by atoms with Gasteiger partial charge < -0.3 is 5.11 Å². The van der Waals surface area contributed by atoms with Gasteiger partial charge >= 0.3 is 5.97 Å². The van der Waals surface area contributed by atoms with Gasteiger partial charge in [0.2, 0.25) is 0 Å². The summed E-state index contributed by atoms with van der Waals surface area (Å²) >= 11 is 0. The van der Waals surface area contributed by atoms with Crippen molar-refractivity contribution in [1.82, 2.24) is 9.78 Å². The molecule has 1 atom stereocenters. The smallest absolute Gasteiger partial charge is 0.303 e. The van der Waals surface area contributed by atoms with Crippen molar-refractivity contribution in [1.29, 1.82) is 0 Å². The Bertz CT molecular complexity index is 752. The first-order valence-corrected chi connectivity index (χ1v) is 8.52. The zero-order valence-electron chi connectivity index (χ0n) is 14.1. The second-order valence-electron chi connectivity index (χ2n) is 6.84. The van der Waals surface area contributed by atoms with Crippen molar-refractivity contribution in [2.45, 2.75) is 57.9 Å². The second kappa shape index (κ2) is 6.75. The number of fused-ring (bicyclic) bond motifs is 1. The Balaban J connectivity index is 2.03. The van der Waals surface area contributed by atoms with Crippen molar-refractivity contribution in [2.24, 2.45) is 0 Å². The van der Waals surface area contributed by atoms with Gasteiger partial charge in [-0.05, 0) is 37.2 Å². The van der Waals surface area contributed by atoms with Crippen LogP contribution in [0.3, 0.4) is 0 Å². The van der Waals surface area contributed by atoms with Gasteiger partial charge in [0, 0.05) is 16.8 Å². The Labute approximate surface area is 141 Å². The number of carboxylic acids is 1. The van der Waals surface area contributed by atoms with Crippen LogP contribution in [0.4, 0.5) is 4.39 Å². The predicted molar refractivity (Wildman–Crippen MR) is 89.7 cm³/mol. The van der Waals surface area contributed by atoms with Crippen molar-refractivity contribution in [3.63, 3.8) is 0 Å². The lowest BCUT2D eigenvalue weighted by molar-refractivity contribution is -0.137. The van der Waals surface area contributed by atoms with Gasteiger partial charge in [-0.3, -0.25) is 9.48 Å². The van der Waals surface area contributed by atoms with Crippen molar-refractivity contribution in [2.75, 3.05) is 0 Å². The van der Waals surface area contributed by atoms with Crippen molar-refractivity contribution < 1.29 is 14.3 Å². The average Bonchev–Trinajstić information content (AvgIpc) is 2.89. The highest BCUT2D eigenvalue weighted by molar-refractivity contribution is 5.68. The molecule has 1 heterocycles. The lowest BCUT2D eigenvalue weighted by Crippen LogP contribution is -2.16. The average molecular weight is 330 g/mol. The van der Waals surface area contributed by atoms with E-state index in [1.807, 2.05) is 10.7 Å². The Morgan fingerprint density at radius 1 is 1.42 bits per heavy atom. The van der Waals surface area contributed by atoms with Gasteiger partial charge in [0.1, 0.15) is 5.82 Å². The van der Waals surface area contributed by atoms with Crippen LogP contribution >= 0.6 is 0 Å². The third kappa shape index (κ3) is 3.21. The van der Waals surface area contributed by atoms with Crippen LogP contribution < -0.4 is 0 Å². The number of aliphatic carboxylic acids is 1. The number of hydrogen-bond acceptors (Lipinski definition) is 2. The number of carboxylic acid groups (broad SMARTS) is 1. The molecule has 0 bridgehead atoms. The van der Waals surface area contributed by atoms with Crippen LogP contribution in [0.5, 0.6) is 0 Å². The highest BCUT2D eigenvalue weighted by Crippen LogP contribution is 2.39. The topological polar surface area (TPSA) is 55.1 Å². The van der Waals surface area contributed by atoms with Crippen molar-refractivity contribution in [3.05, 3.63) is 52.6 Å². The van der Waals surface area contributed by atoms with Crippen LogP contribution in [0.1, 0.15) is 67.5 Å². The summed E-state index contributed by atoms with van der Waals surface area (Å²) in [5.74, 6) is -0.775. The number of rotatable bonds is 5. The molecule has 0 saturated heterocycles. The summed E-state index contributed by atoms with van der Waals surface area (Å²) in [5, 5.41) is 14.0. The van der Waals surface area contributed by atoms with E-state index in [2.05, 4.69) is 13.8 Å². The van der Waals surface area contributed by atoms with Crippen LogP contribution in [-0.2, 0) is 17.8 Å². The minimum Gasteiger partial charge on any atom is -0.481 e. The highest BCUT2D eigenvalue weighted by atomic mass is 19.1. The summed E-state index contributed by atoms with van der Waals surface area (Å²) in [7, 11) is 0. The minimum atomic E-state index is -0.774. The van der Waals surface area contributed by atoms with E-state index < -0.39 is 5.97 Å². The Morgan fingerprint density at radius 3 is 2.83 bits per heavy atom. The first-order valence-electron chi connectivity index (χ1n) is 8.52. The minimum absolute atomic E-state index is 0.0121. The molecule has 2 aromatic rings. The number of carbonyl (C=O) groups is 1. The molecule has 3 rings (SSSR count). The summed E-state index contributed by atoms with van der Waals surface area (Å²) in [6, 6.07) is 6.74. The van der Waals surface area contributed by atoms with E-state index >= 15 is 0 Å². The number of aromatic nitrogens is 2. The van der Waals surface area contributed by atoms with Crippen molar-refractivity contribution >= 4 is 5.97 Å². The first-order chi connectivity index (χ1) is 11.5. The first kappa shape index (κ1) is 16.7. The molecule has 0 spiro atoms. The van der Waals surface area contributed by atoms with Crippen LogP contribution in [0.15, 0.2) is 24.3 Å². The molecule has 128 valence electrons. The van der Waals surface area contributed by atoms with E-state index in [0.717, 1.165) is 36.2 Å². The number of benzene rings is 1. The maximum Gasteiger partial charge on any atom is 0.303 e. The Kier molecular flexibility index (Phi) is 4.69. The van der Waals surface area contributed by atoms with Crippen LogP contribution in [0, 0.1) is 5.82 Å². The molecule has 1 N–H and O–H groups in total. The standard InChI is InChI=1S/C19H23FN2O2/c1-12(2)19-18-13(10-17(23)24)7-5-9-16(18)22(21-19)11-14-6-3-4-8-15(14)20/h3-4,6,8,12-13H,5,7,9-11H2,1-2H3,(H,23,24). The monoisotopic (exact) mass is 330 g/mol. The largest absolute Gasteiger partial charge is 0.481 e.